The molecule has 0 spiro atoms. The molecule has 2 aliphatic heterocycles. The molecule has 9 heteroatoms. The molecule has 32 heavy (non-hydrogen) atoms. The second-order valence-corrected chi connectivity index (χ2v) is 8.66. The molecule has 0 saturated carbocycles. The highest BCUT2D eigenvalue weighted by Gasteiger charge is 2.32. The van der Waals surface area contributed by atoms with Crippen molar-refractivity contribution in [1.82, 2.24) is 34.6 Å². The van der Waals surface area contributed by atoms with Crippen LogP contribution in [0.4, 0.5) is 0 Å². The number of aryl methyl sites for hydroxylation is 2. The first-order valence-electron chi connectivity index (χ1n) is 11.1. The fourth-order valence-corrected chi connectivity index (χ4v) is 4.64. The third kappa shape index (κ3) is 3.79. The number of amides is 2. The Hall–Kier alpha value is -3.49. The summed E-state index contributed by atoms with van der Waals surface area (Å²) in [6.45, 7) is 4.42. The number of fused-ring (bicyclic) bond motifs is 1. The van der Waals surface area contributed by atoms with Crippen molar-refractivity contribution in [2.75, 3.05) is 13.1 Å². The lowest BCUT2D eigenvalue weighted by molar-refractivity contribution is 0.0709. The fraction of sp³-hybridized carbons (Fsp3) is 0.435. The van der Waals surface area contributed by atoms with E-state index in [0.29, 0.717) is 37.6 Å². The van der Waals surface area contributed by atoms with Gasteiger partial charge in [-0.1, -0.05) is 29.5 Å². The highest BCUT2D eigenvalue weighted by atomic mass is 16.2. The molecule has 1 fully saturated rings. The Morgan fingerprint density at radius 2 is 1.91 bits per heavy atom. The van der Waals surface area contributed by atoms with Crippen LogP contribution in [0.2, 0.25) is 0 Å². The summed E-state index contributed by atoms with van der Waals surface area (Å²) in [5, 5.41) is 12.7. The van der Waals surface area contributed by atoms with Crippen LogP contribution in [0.1, 0.15) is 50.6 Å². The maximum atomic E-state index is 13.0. The maximum absolute atomic E-state index is 13.0. The van der Waals surface area contributed by atoms with E-state index in [0.717, 1.165) is 25.0 Å². The van der Waals surface area contributed by atoms with E-state index in [1.807, 2.05) is 42.0 Å². The van der Waals surface area contributed by atoms with E-state index in [9.17, 15) is 9.59 Å². The third-order valence-corrected chi connectivity index (χ3v) is 6.54. The minimum Gasteiger partial charge on any atom is -0.333 e. The Labute approximate surface area is 186 Å². The molecule has 1 atom stereocenters. The van der Waals surface area contributed by atoms with Crippen LogP contribution in [0.5, 0.6) is 0 Å². The van der Waals surface area contributed by atoms with Gasteiger partial charge >= 0.3 is 0 Å². The van der Waals surface area contributed by atoms with Gasteiger partial charge in [-0.05, 0) is 43.4 Å². The Morgan fingerprint density at radius 1 is 1.09 bits per heavy atom. The number of carbonyl (C=O) groups excluding carboxylic acids is 2. The van der Waals surface area contributed by atoms with Crippen molar-refractivity contribution >= 4 is 11.8 Å². The van der Waals surface area contributed by atoms with Gasteiger partial charge in [0.15, 0.2) is 11.4 Å². The number of likely N-dealkylation sites (tertiary alicyclic amines) is 1. The zero-order valence-electron chi connectivity index (χ0n) is 18.4. The average Bonchev–Trinajstić information content (AvgIpc) is 3.54. The smallest absolute Gasteiger partial charge is 0.276 e. The number of aromatic nitrogens is 5. The predicted octanol–water partition coefficient (Wildman–Crippen LogP) is 1.82. The van der Waals surface area contributed by atoms with E-state index in [1.54, 1.807) is 15.6 Å². The Balaban J connectivity index is 1.26. The summed E-state index contributed by atoms with van der Waals surface area (Å²) in [4.78, 5) is 29.7. The van der Waals surface area contributed by atoms with Gasteiger partial charge < -0.3 is 9.80 Å². The van der Waals surface area contributed by atoms with Crippen molar-refractivity contribution in [3.05, 3.63) is 64.7 Å². The van der Waals surface area contributed by atoms with Gasteiger partial charge in [0.05, 0.1) is 18.8 Å². The molecule has 0 bridgehead atoms. The van der Waals surface area contributed by atoms with E-state index >= 15 is 0 Å². The zero-order valence-corrected chi connectivity index (χ0v) is 18.4. The first kappa shape index (κ1) is 20.4. The summed E-state index contributed by atoms with van der Waals surface area (Å²) in [5.41, 5.74) is 4.25. The van der Waals surface area contributed by atoms with Gasteiger partial charge in [0, 0.05) is 32.4 Å². The van der Waals surface area contributed by atoms with Crippen molar-refractivity contribution in [3.8, 4) is 0 Å². The number of carbonyl (C=O) groups is 2. The Morgan fingerprint density at radius 3 is 2.69 bits per heavy atom. The van der Waals surface area contributed by atoms with E-state index in [2.05, 4.69) is 27.5 Å². The topological polar surface area (TPSA) is 89.2 Å². The number of benzene rings is 1. The quantitative estimate of drug-likeness (QED) is 0.626. The van der Waals surface area contributed by atoms with Gasteiger partial charge in [-0.3, -0.25) is 14.3 Å². The van der Waals surface area contributed by atoms with Crippen LogP contribution in [0, 0.1) is 6.92 Å². The summed E-state index contributed by atoms with van der Waals surface area (Å²) >= 11 is 0. The highest BCUT2D eigenvalue weighted by molar-refractivity contribution is 5.93. The molecule has 0 radical (unpaired) electrons. The minimum atomic E-state index is -0.103. The van der Waals surface area contributed by atoms with E-state index < -0.39 is 0 Å². The first-order valence-corrected chi connectivity index (χ1v) is 11.1. The number of nitrogens with zero attached hydrogens (tertiary/aromatic N) is 7. The summed E-state index contributed by atoms with van der Waals surface area (Å²) in [6.07, 6.45) is 4.39. The molecule has 1 aromatic carbocycles. The molecule has 2 aromatic heterocycles. The second kappa shape index (κ2) is 8.22. The number of hydrogen-bond donors (Lipinski definition) is 0. The molecular weight excluding hydrogens is 406 g/mol. The fourth-order valence-electron chi connectivity index (χ4n) is 4.64. The van der Waals surface area contributed by atoms with Gasteiger partial charge in [0.25, 0.3) is 11.8 Å². The molecule has 1 saturated heterocycles. The van der Waals surface area contributed by atoms with Crippen LogP contribution < -0.4 is 0 Å². The lowest BCUT2D eigenvalue weighted by Gasteiger charge is -2.28. The van der Waals surface area contributed by atoms with Gasteiger partial charge in [-0.2, -0.15) is 5.10 Å². The van der Waals surface area contributed by atoms with Crippen molar-refractivity contribution in [1.29, 1.82) is 0 Å². The van der Waals surface area contributed by atoms with Gasteiger partial charge in [0.2, 0.25) is 0 Å². The third-order valence-electron chi connectivity index (χ3n) is 6.54. The van der Waals surface area contributed by atoms with Crippen LogP contribution in [0.3, 0.4) is 0 Å². The van der Waals surface area contributed by atoms with Crippen molar-refractivity contribution < 1.29 is 9.59 Å². The van der Waals surface area contributed by atoms with Crippen LogP contribution >= 0.6 is 0 Å². The SMILES string of the molecule is Cc1cc(C(=O)N2CCCC2Cn2cc(C(=O)N3CCc4ccccc4C3)nn2)nn1C. The molecular formula is C23H27N7O2. The number of rotatable bonds is 4. The lowest BCUT2D eigenvalue weighted by Crippen LogP contribution is -2.38. The molecule has 3 aromatic rings. The highest BCUT2D eigenvalue weighted by Crippen LogP contribution is 2.22. The summed E-state index contributed by atoms with van der Waals surface area (Å²) < 4.78 is 3.40. The molecule has 2 amide bonds. The van der Waals surface area contributed by atoms with Crippen molar-refractivity contribution in [2.45, 2.75) is 45.3 Å². The van der Waals surface area contributed by atoms with Crippen molar-refractivity contribution in [3.63, 3.8) is 0 Å². The van der Waals surface area contributed by atoms with Gasteiger partial charge in [-0.15, -0.1) is 5.10 Å². The van der Waals surface area contributed by atoms with E-state index in [-0.39, 0.29) is 17.9 Å². The van der Waals surface area contributed by atoms with Crippen LogP contribution in [0.25, 0.3) is 0 Å². The first-order chi connectivity index (χ1) is 15.5. The maximum Gasteiger partial charge on any atom is 0.276 e. The molecule has 1 unspecified atom stereocenters. The normalized spacial score (nSPS) is 18.1. The summed E-state index contributed by atoms with van der Waals surface area (Å²) in [5.74, 6) is -0.159. The standard InChI is InChI=1S/C23H27N7O2/c1-16-12-20(25-27(16)2)23(32)30-10-5-8-19(30)14-29-15-21(24-26-29)22(31)28-11-9-17-6-3-4-7-18(17)13-28/h3-4,6-7,12,15,19H,5,8-11,13-14H2,1-2H3. The molecule has 4 heterocycles. The minimum absolute atomic E-state index is 0.0105. The van der Waals surface area contributed by atoms with Crippen LogP contribution in [-0.2, 0) is 26.6 Å². The molecule has 0 N–H and O–H groups in total. The summed E-state index contributed by atoms with van der Waals surface area (Å²) in [6, 6.07) is 10.1. The number of hydrogen-bond acceptors (Lipinski definition) is 5. The van der Waals surface area contributed by atoms with Crippen LogP contribution in [0.15, 0.2) is 36.5 Å². The average molecular weight is 434 g/mol. The molecule has 0 aliphatic carbocycles. The van der Waals surface area contributed by atoms with Crippen molar-refractivity contribution in [2.24, 2.45) is 7.05 Å². The van der Waals surface area contributed by atoms with Crippen LogP contribution in [-0.4, -0.2) is 65.5 Å². The van der Waals surface area contributed by atoms with E-state index in [1.165, 1.54) is 11.1 Å². The molecule has 2 aliphatic rings. The van der Waals surface area contributed by atoms with Gasteiger partial charge in [-0.25, -0.2) is 4.68 Å². The summed E-state index contributed by atoms with van der Waals surface area (Å²) in [7, 11) is 1.84. The largest absolute Gasteiger partial charge is 0.333 e. The monoisotopic (exact) mass is 433 g/mol. The Bertz CT molecular complexity index is 1150. The zero-order chi connectivity index (χ0) is 22.2. The Kier molecular flexibility index (Phi) is 5.24. The van der Waals surface area contributed by atoms with E-state index in [4.69, 9.17) is 0 Å². The molecule has 9 nitrogen and oxygen atoms in total. The molecule has 166 valence electrons. The predicted molar refractivity (Wildman–Crippen MR) is 117 cm³/mol. The van der Waals surface area contributed by atoms with Gasteiger partial charge in [0.1, 0.15) is 0 Å². The molecule has 5 rings (SSSR count). The second-order valence-electron chi connectivity index (χ2n) is 8.66. The lowest BCUT2D eigenvalue weighted by atomic mass is 10.00.